The van der Waals surface area contributed by atoms with Crippen LogP contribution in [0.25, 0.3) is 0 Å². The lowest BCUT2D eigenvalue weighted by Crippen LogP contribution is -2.16. The van der Waals surface area contributed by atoms with Crippen LogP contribution in [-0.4, -0.2) is 41.8 Å². The Hall–Kier alpha value is -1.11. The fraction of sp³-hybridized carbons (Fsp3) is 0.364. The largest absolute Gasteiger partial charge is 0.478 e. The fourth-order valence-corrected chi connectivity index (χ4v) is 2.04. The minimum absolute atomic E-state index is 0.208. The van der Waals surface area contributed by atoms with E-state index in [9.17, 15) is 14.3 Å². The molecular weight excluding hydrogens is 247 g/mol. The Morgan fingerprint density at radius 3 is 2.88 bits per heavy atom. The number of thioether (sulfide) groups is 1. The van der Waals surface area contributed by atoms with Gasteiger partial charge in [0.1, 0.15) is 5.82 Å². The van der Waals surface area contributed by atoms with Crippen molar-refractivity contribution in [3.05, 3.63) is 29.6 Å². The van der Waals surface area contributed by atoms with E-state index in [2.05, 4.69) is 0 Å². The second-order valence-electron chi connectivity index (χ2n) is 3.37. The molecule has 0 aliphatic heterocycles. The number of methoxy groups -OCH3 is 1. The van der Waals surface area contributed by atoms with Crippen molar-refractivity contribution in [2.75, 3.05) is 19.5 Å². The zero-order chi connectivity index (χ0) is 12.8. The molecule has 1 rings (SSSR count). The third-order valence-corrected chi connectivity index (χ3v) is 3.11. The van der Waals surface area contributed by atoms with E-state index in [0.717, 1.165) is 6.07 Å². The van der Waals surface area contributed by atoms with Gasteiger partial charge in [-0.3, -0.25) is 0 Å². The molecule has 0 spiro atoms. The fourth-order valence-electron chi connectivity index (χ4n) is 1.19. The van der Waals surface area contributed by atoms with E-state index in [-0.39, 0.29) is 12.2 Å². The number of carboxylic acids is 1. The molecule has 17 heavy (non-hydrogen) atoms. The van der Waals surface area contributed by atoms with E-state index in [4.69, 9.17) is 9.84 Å². The van der Waals surface area contributed by atoms with Crippen LogP contribution in [0.15, 0.2) is 23.1 Å². The molecule has 0 aliphatic rings. The van der Waals surface area contributed by atoms with Crippen molar-refractivity contribution < 1.29 is 24.1 Å². The summed E-state index contributed by atoms with van der Waals surface area (Å²) in [7, 11) is 1.48. The molecule has 1 unspecified atom stereocenters. The molecule has 6 heteroatoms. The standard InChI is InChI=1S/C11H13FO4S/c1-16-5-7(13)6-17-8-2-3-10(12)9(4-8)11(14)15/h2-4,7,13H,5-6H2,1H3,(H,14,15). The SMILES string of the molecule is COCC(O)CSc1ccc(F)c(C(=O)O)c1. The van der Waals surface area contributed by atoms with Crippen molar-refractivity contribution >= 4 is 17.7 Å². The van der Waals surface area contributed by atoms with Gasteiger partial charge < -0.3 is 14.9 Å². The first kappa shape index (κ1) is 14.0. The Bertz CT molecular complexity index is 397. The number of benzene rings is 1. The number of carboxylic acid groups (broad SMARTS) is 1. The molecule has 0 heterocycles. The van der Waals surface area contributed by atoms with Crippen LogP contribution in [0.4, 0.5) is 4.39 Å². The van der Waals surface area contributed by atoms with Crippen molar-refractivity contribution in [1.82, 2.24) is 0 Å². The summed E-state index contributed by atoms with van der Waals surface area (Å²) in [5, 5.41) is 18.1. The van der Waals surface area contributed by atoms with E-state index >= 15 is 0 Å². The number of aromatic carboxylic acids is 1. The van der Waals surface area contributed by atoms with Crippen molar-refractivity contribution in [2.24, 2.45) is 0 Å². The van der Waals surface area contributed by atoms with Crippen molar-refractivity contribution in [3.63, 3.8) is 0 Å². The van der Waals surface area contributed by atoms with Gasteiger partial charge >= 0.3 is 5.97 Å². The van der Waals surface area contributed by atoms with Gasteiger partial charge in [0, 0.05) is 17.8 Å². The van der Waals surface area contributed by atoms with Gasteiger partial charge in [-0.25, -0.2) is 9.18 Å². The highest BCUT2D eigenvalue weighted by Gasteiger charge is 2.12. The minimum atomic E-state index is -1.30. The Morgan fingerprint density at radius 2 is 2.29 bits per heavy atom. The Labute approximate surface area is 102 Å². The third-order valence-electron chi connectivity index (χ3n) is 1.97. The minimum Gasteiger partial charge on any atom is -0.478 e. The summed E-state index contributed by atoms with van der Waals surface area (Å²) in [5.41, 5.74) is -0.365. The number of halogens is 1. The maximum atomic E-state index is 13.1. The smallest absolute Gasteiger partial charge is 0.338 e. The maximum absolute atomic E-state index is 13.1. The normalized spacial score (nSPS) is 12.4. The van der Waals surface area contributed by atoms with Crippen molar-refractivity contribution in [1.29, 1.82) is 0 Å². The zero-order valence-corrected chi connectivity index (χ0v) is 10.0. The molecule has 0 aromatic heterocycles. The zero-order valence-electron chi connectivity index (χ0n) is 9.22. The van der Waals surface area contributed by atoms with Crippen LogP contribution in [-0.2, 0) is 4.74 Å². The van der Waals surface area contributed by atoms with Gasteiger partial charge in [-0.1, -0.05) is 0 Å². The van der Waals surface area contributed by atoms with Gasteiger partial charge in [0.05, 0.1) is 18.3 Å². The number of hydrogen-bond acceptors (Lipinski definition) is 4. The first-order valence-electron chi connectivity index (χ1n) is 4.87. The topological polar surface area (TPSA) is 66.8 Å². The lowest BCUT2D eigenvalue weighted by atomic mass is 10.2. The predicted octanol–water partition coefficient (Wildman–Crippen LogP) is 1.62. The van der Waals surface area contributed by atoms with Crippen LogP contribution in [0.2, 0.25) is 0 Å². The summed E-state index contributed by atoms with van der Waals surface area (Å²) < 4.78 is 17.8. The number of aliphatic hydroxyl groups is 1. The maximum Gasteiger partial charge on any atom is 0.338 e. The first-order valence-corrected chi connectivity index (χ1v) is 5.85. The molecule has 0 radical (unpaired) electrons. The average molecular weight is 260 g/mol. The molecule has 0 saturated heterocycles. The third kappa shape index (κ3) is 4.33. The molecule has 4 nitrogen and oxygen atoms in total. The molecule has 0 aliphatic carbocycles. The summed E-state index contributed by atoms with van der Waals surface area (Å²) in [5.74, 6) is -1.71. The summed E-state index contributed by atoms with van der Waals surface area (Å²) in [6.07, 6.45) is -0.636. The van der Waals surface area contributed by atoms with Crippen LogP contribution in [0.3, 0.4) is 0 Å². The molecule has 1 aromatic carbocycles. The molecule has 0 saturated carbocycles. The molecule has 0 bridgehead atoms. The van der Waals surface area contributed by atoms with Crippen LogP contribution in [0, 0.1) is 5.82 Å². The van der Waals surface area contributed by atoms with Crippen LogP contribution in [0.1, 0.15) is 10.4 Å². The Morgan fingerprint density at radius 1 is 1.59 bits per heavy atom. The highest BCUT2D eigenvalue weighted by molar-refractivity contribution is 7.99. The molecule has 0 amide bonds. The lowest BCUT2D eigenvalue weighted by molar-refractivity contribution is 0.0691. The first-order chi connectivity index (χ1) is 8.04. The van der Waals surface area contributed by atoms with Gasteiger partial charge in [-0.2, -0.15) is 0 Å². The Kier molecular flexibility index (Phi) is 5.40. The van der Waals surface area contributed by atoms with E-state index in [1.54, 1.807) is 0 Å². The van der Waals surface area contributed by atoms with E-state index in [1.165, 1.54) is 31.0 Å². The highest BCUT2D eigenvalue weighted by atomic mass is 32.2. The second-order valence-corrected chi connectivity index (χ2v) is 4.46. The summed E-state index contributed by atoms with van der Waals surface area (Å²) in [6, 6.07) is 3.84. The van der Waals surface area contributed by atoms with Gasteiger partial charge in [0.2, 0.25) is 0 Å². The monoisotopic (exact) mass is 260 g/mol. The summed E-state index contributed by atoms with van der Waals surface area (Å²) >= 11 is 1.25. The van der Waals surface area contributed by atoms with Gasteiger partial charge in [-0.15, -0.1) is 11.8 Å². The summed E-state index contributed by atoms with van der Waals surface area (Å²) in [4.78, 5) is 11.3. The second kappa shape index (κ2) is 6.58. The van der Waals surface area contributed by atoms with Crippen LogP contribution < -0.4 is 0 Å². The average Bonchev–Trinajstić information content (AvgIpc) is 2.28. The van der Waals surface area contributed by atoms with Crippen LogP contribution in [0.5, 0.6) is 0 Å². The molecular formula is C11H13FO4S. The van der Waals surface area contributed by atoms with Gasteiger partial charge in [-0.05, 0) is 18.2 Å². The number of hydrogen-bond donors (Lipinski definition) is 2. The molecule has 2 N–H and O–H groups in total. The Balaban J connectivity index is 2.66. The van der Waals surface area contributed by atoms with Gasteiger partial charge in [0.15, 0.2) is 0 Å². The van der Waals surface area contributed by atoms with Crippen molar-refractivity contribution in [3.8, 4) is 0 Å². The van der Waals surface area contributed by atoms with Crippen LogP contribution >= 0.6 is 11.8 Å². The summed E-state index contributed by atoms with van der Waals surface area (Å²) in [6.45, 7) is 0.208. The predicted molar refractivity (Wildman–Crippen MR) is 62.0 cm³/mol. The van der Waals surface area contributed by atoms with E-state index < -0.39 is 17.9 Å². The van der Waals surface area contributed by atoms with Crippen molar-refractivity contribution in [2.45, 2.75) is 11.0 Å². The number of ether oxygens (including phenoxy) is 1. The number of rotatable bonds is 6. The molecule has 1 aromatic rings. The number of aliphatic hydroxyl groups excluding tert-OH is 1. The molecule has 1 atom stereocenters. The van der Waals surface area contributed by atoms with Gasteiger partial charge in [0.25, 0.3) is 0 Å². The molecule has 0 fully saturated rings. The van der Waals surface area contributed by atoms with E-state index in [0.29, 0.717) is 10.6 Å². The lowest BCUT2D eigenvalue weighted by Gasteiger charge is -2.09. The quantitative estimate of drug-likeness (QED) is 0.761. The highest BCUT2D eigenvalue weighted by Crippen LogP contribution is 2.22. The number of carbonyl (C=O) groups is 1. The van der Waals surface area contributed by atoms with E-state index in [1.807, 2.05) is 0 Å². The molecule has 94 valence electrons.